The summed E-state index contributed by atoms with van der Waals surface area (Å²) in [5, 5.41) is 9.46. The second-order valence-electron chi connectivity index (χ2n) is 6.59. The van der Waals surface area contributed by atoms with Gasteiger partial charge in [0.15, 0.2) is 0 Å². The summed E-state index contributed by atoms with van der Waals surface area (Å²) in [7, 11) is 0. The Kier molecular flexibility index (Phi) is 3.69. The van der Waals surface area contributed by atoms with Gasteiger partial charge in [-0.25, -0.2) is 9.18 Å². The Balaban J connectivity index is 1.74. The van der Waals surface area contributed by atoms with E-state index >= 15 is 0 Å². The monoisotopic (exact) mass is 283 g/mol. The third-order valence-electron chi connectivity index (χ3n) is 5.39. The molecule has 5 heteroatoms. The predicted molar refractivity (Wildman–Crippen MR) is 70.8 cm³/mol. The van der Waals surface area contributed by atoms with Gasteiger partial charge < -0.3 is 10.0 Å². The average Bonchev–Trinajstić information content (AvgIpc) is 2.96. The molecule has 1 heterocycles. The van der Waals surface area contributed by atoms with E-state index in [1.54, 1.807) is 4.90 Å². The average molecular weight is 283 g/mol. The first-order valence-corrected chi connectivity index (χ1v) is 7.75. The fraction of sp³-hybridized carbons (Fsp3) is 0.867. The number of nitrogens with zero attached hydrogens (tertiary/aromatic N) is 1. The highest BCUT2D eigenvalue weighted by Gasteiger charge is 2.50. The van der Waals surface area contributed by atoms with Crippen LogP contribution in [0.5, 0.6) is 0 Å². The van der Waals surface area contributed by atoms with Crippen molar-refractivity contribution in [3.8, 4) is 0 Å². The molecule has 1 amide bonds. The van der Waals surface area contributed by atoms with E-state index in [0.29, 0.717) is 25.3 Å². The first-order valence-electron chi connectivity index (χ1n) is 7.75. The standard InChI is InChI=1S/C15H22FNO3/c16-11-5-1-3-9(7-11)14(18)17-8-10-4-2-6-12(10)13(17)15(19)20/h9-13H,1-8H2,(H,19,20)/t9-,10+,11+,12+,13-/m0/s1. The first kappa shape index (κ1) is 13.8. The van der Waals surface area contributed by atoms with E-state index in [1.165, 1.54) is 0 Å². The van der Waals surface area contributed by atoms with Crippen LogP contribution in [0.4, 0.5) is 4.39 Å². The van der Waals surface area contributed by atoms with Crippen LogP contribution in [0.3, 0.4) is 0 Å². The molecule has 5 atom stereocenters. The van der Waals surface area contributed by atoms with Crippen LogP contribution < -0.4 is 0 Å². The maximum Gasteiger partial charge on any atom is 0.326 e. The molecular weight excluding hydrogens is 261 g/mol. The van der Waals surface area contributed by atoms with Crippen LogP contribution in [-0.4, -0.2) is 40.6 Å². The highest BCUT2D eigenvalue weighted by atomic mass is 19.1. The van der Waals surface area contributed by atoms with Gasteiger partial charge in [-0.3, -0.25) is 4.79 Å². The summed E-state index contributed by atoms with van der Waals surface area (Å²) < 4.78 is 13.5. The molecule has 1 saturated heterocycles. The maximum atomic E-state index is 13.5. The number of hydrogen-bond donors (Lipinski definition) is 1. The third kappa shape index (κ3) is 2.31. The Labute approximate surface area is 118 Å². The summed E-state index contributed by atoms with van der Waals surface area (Å²) in [4.78, 5) is 25.7. The Bertz CT molecular complexity index is 414. The van der Waals surface area contributed by atoms with E-state index < -0.39 is 18.2 Å². The Morgan fingerprint density at radius 1 is 1.10 bits per heavy atom. The topological polar surface area (TPSA) is 57.6 Å². The van der Waals surface area contributed by atoms with E-state index in [0.717, 1.165) is 25.7 Å². The van der Waals surface area contributed by atoms with Crippen molar-refractivity contribution in [2.45, 2.75) is 57.2 Å². The lowest BCUT2D eigenvalue weighted by atomic mass is 9.86. The number of carbonyl (C=O) groups is 2. The molecule has 0 aromatic carbocycles. The predicted octanol–water partition coefficient (Wildman–Crippen LogP) is 2.23. The van der Waals surface area contributed by atoms with Gasteiger partial charge >= 0.3 is 5.97 Å². The Morgan fingerprint density at radius 3 is 2.55 bits per heavy atom. The molecular formula is C15H22FNO3. The van der Waals surface area contributed by atoms with Gasteiger partial charge in [-0.1, -0.05) is 6.42 Å². The number of fused-ring (bicyclic) bond motifs is 1. The Hall–Kier alpha value is -1.13. The zero-order valence-electron chi connectivity index (χ0n) is 11.6. The number of aliphatic carboxylic acids is 1. The third-order valence-corrected chi connectivity index (χ3v) is 5.39. The van der Waals surface area contributed by atoms with Crippen molar-refractivity contribution in [2.24, 2.45) is 17.8 Å². The molecule has 3 rings (SSSR count). The van der Waals surface area contributed by atoms with Gasteiger partial charge in [0.25, 0.3) is 0 Å². The molecule has 3 aliphatic rings. The van der Waals surface area contributed by atoms with E-state index in [-0.39, 0.29) is 24.2 Å². The zero-order valence-corrected chi connectivity index (χ0v) is 11.6. The number of alkyl halides is 1. The van der Waals surface area contributed by atoms with Crippen LogP contribution >= 0.6 is 0 Å². The summed E-state index contributed by atoms with van der Waals surface area (Å²) in [6, 6.07) is -0.671. The lowest BCUT2D eigenvalue weighted by Crippen LogP contribution is -2.46. The quantitative estimate of drug-likeness (QED) is 0.845. The van der Waals surface area contributed by atoms with Crippen molar-refractivity contribution in [2.75, 3.05) is 6.54 Å². The number of likely N-dealkylation sites (tertiary alicyclic amines) is 1. The minimum absolute atomic E-state index is 0.112. The molecule has 4 nitrogen and oxygen atoms in total. The van der Waals surface area contributed by atoms with Crippen LogP contribution in [0, 0.1) is 17.8 Å². The molecule has 2 saturated carbocycles. The van der Waals surface area contributed by atoms with Crippen molar-refractivity contribution < 1.29 is 19.1 Å². The number of carboxylic acid groups (broad SMARTS) is 1. The van der Waals surface area contributed by atoms with Gasteiger partial charge in [-0.05, 0) is 50.4 Å². The van der Waals surface area contributed by atoms with Crippen LogP contribution in [0.2, 0.25) is 0 Å². The minimum Gasteiger partial charge on any atom is -0.480 e. The number of hydrogen-bond acceptors (Lipinski definition) is 2. The van der Waals surface area contributed by atoms with Gasteiger partial charge in [0, 0.05) is 12.5 Å². The number of halogens is 1. The molecule has 0 spiro atoms. The molecule has 20 heavy (non-hydrogen) atoms. The molecule has 1 N–H and O–H groups in total. The fourth-order valence-electron chi connectivity index (χ4n) is 4.44. The van der Waals surface area contributed by atoms with Gasteiger partial charge in [0.1, 0.15) is 12.2 Å². The normalized spacial score (nSPS) is 40.6. The zero-order chi connectivity index (χ0) is 14.3. The second kappa shape index (κ2) is 5.34. The molecule has 0 radical (unpaired) electrons. The van der Waals surface area contributed by atoms with Crippen molar-refractivity contribution in [3.63, 3.8) is 0 Å². The molecule has 2 aliphatic carbocycles. The molecule has 0 aromatic heterocycles. The SMILES string of the molecule is O=C(O)[C@@H]1[C@@H]2CCC[C@@H]2CN1C(=O)[C@H]1CCC[C@@H](F)C1. The van der Waals surface area contributed by atoms with Crippen molar-refractivity contribution in [3.05, 3.63) is 0 Å². The van der Waals surface area contributed by atoms with Crippen LogP contribution in [0.25, 0.3) is 0 Å². The molecule has 0 unspecified atom stereocenters. The molecule has 0 aromatic rings. The van der Waals surface area contributed by atoms with Crippen molar-refractivity contribution in [1.82, 2.24) is 4.90 Å². The van der Waals surface area contributed by atoms with Crippen LogP contribution in [0.15, 0.2) is 0 Å². The minimum atomic E-state index is -0.900. The largest absolute Gasteiger partial charge is 0.480 e. The van der Waals surface area contributed by atoms with E-state index in [2.05, 4.69) is 0 Å². The molecule has 1 aliphatic heterocycles. The fourth-order valence-corrected chi connectivity index (χ4v) is 4.44. The highest BCUT2D eigenvalue weighted by molar-refractivity contribution is 5.86. The molecule has 112 valence electrons. The van der Waals surface area contributed by atoms with E-state index in [1.807, 2.05) is 0 Å². The first-order chi connectivity index (χ1) is 9.58. The molecule has 0 bridgehead atoms. The summed E-state index contributed by atoms with van der Waals surface area (Å²) in [5.41, 5.74) is 0. The lowest BCUT2D eigenvalue weighted by Gasteiger charge is -2.31. The van der Waals surface area contributed by atoms with Crippen molar-refractivity contribution >= 4 is 11.9 Å². The Morgan fingerprint density at radius 2 is 1.85 bits per heavy atom. The number of rotatable bonds is 2. The smallest absolute Gasteiger partial charge is 0.326 e. The molecule has 3 fully saturated rings. The van der Waals surface area contributed by atoms with Gasteiger partial charge in [0.2, 0.25) is 5.91 Å². The van der Waals surface area contributed by atoms with Gasteiger partial charge in [-0.2, -0.15) is 0 Å². The van der Waals surface area contributed by atoms with Crippen LogP contribution in [-0.2, 0) is 9.59 Å². The van der Waals surface area contributed by atoms with Gasteiger partial charge in [-0.15, -0.1) is 0 Å². The summed E-state index contributed by atoms with van der Waals surface area (Å²) in [6.07, 6.45) is 4.35. The summed E-state index contributed by atoms with van der Waals surface area (Å²) in [6.45, 7) is 0.563. The van der Waals surface area contributed by atoms with E-state index in [4.69, 9.17) is 0 Å². The lowest BCUT2D eigenvalue weighted by molar-refractivity contribution is -0.152. The van der Waals surface area contributed by atoms with Crippen LogP contribution in [0.1, 0.15) is 44.9 Å². The second-order valence-corrected chi connectivity index (χ2v) is 6.59. The number of carbonyl (C=O) groups excluding carboxylic acids is 1. The van der Waals surface area contributed by atoms with Crippen molar-refractivity contribution in [1.29, 1.82) is 0 Å². The number of amides is 1. The summed E-state index contributed by atoms with van der Waals surface area (Å²) in [5.74, 6) is -0.861. The van der Waals surface area contributed by atoms with E-state index in [9.17, 15) is 19.1 Å². The number of carboxylic acids is 1. The highest BCUT2D eigenvalue weighted by Crippen LogP contribution is 2.43. The van der Waals surface area contributed by atoms with Gasteiger partial charge in [0.05, 0.1) is 0 Å². The maximum absolute atomic E-state index is 13.5. The summed E-state index contributed by atoms with van der Waals surface area (Å²) >= 11 is 0.